The first-order chi connectivity index (χ1) is 13.0. The van der Waals surface area contributed by atoms with Crippen molar-refractivity contribution in [1.82, 2.24) is 19.2 Å². The molecule has 27 heavy (non-hydrogen) atoms. The number of nitrogens with zero attached hydrogens (tertiary/aromatic N) is 5. The molecule has 8 heteroatoms. The molecule has 0 aliphatic rings. The van der Waals surface area contributed by atoms with Crippen LogP contribution in [0.25, 0.3) is 5.65 Å². The Morgan fingerprint density at radius 1 is 1.30 bits per heavy atom. The van der Waals surface area contributed by atoms with Gasteiger partial charge in [-0.25, -0.2) is 18.9 Å². The summed E-state index contributed by atoms with van der Waals surface area (Å²) in [5, 5.41) is 7.15. The number of hydrogen-bond donors (Lipinski definition) is 1. The summed E-state index contributed by atoms with van der Waals surface area (Å²) in [4.78, 5) is 31.3. The largest absolute Gasteiger partial charge is 0.357 e. The van der Waals surface area contributed by atoms with Crippen LogP contribution < -0.4 is 15.9 Å². The fourth-order valence-corrected chi connectivity index (χ4v) is 2.95. The van der Waals surface area contributed by atoms with Crippen LogP contribution in [-0.2, 0) is 17.8 Å². The fourth-order valence-electron chi connectivity index (χ4n) is 2.95. The molecule has 3 rings (SSSR count). The summed E-state index contributed by atoms with van der Waals surface area (Å²) in [6, 6.07) is 7.65. The van der Waals surface area contributed by atoms with Gasteiger partial charge in [0.1, 0.15) is 6.54 Å². The van der Waals surface area contributed by atoms with Gasteiger partial charge in [-0.1, -0.05) is 26.0 Å². The van der Waals surface area contributed by atoms with E-state index in [1.54, 1.807) is 12.4 Å². The molecule has 0 aliphatic carbocycles. The molecule has 1 amide bonds. The van der Waals surface area contributed by atoms with Crippen molar-refractivity contribution >= 4 is 23.1 Å². The number of anilines is 2. The van der Waals surface area contributed by atoms with Crippen molar-refractivity contribution < 1.29 is 4.79 Å². The van der Waals surface area contributed by atoms with E-state index in [1.807, 2.05) is 36.2 Å². The van der Waals surface area contributed by atoms with Crippen molar-refractivity contribution in [3.05, 3.63) is 52.7 Å². The number of carbonyl (C=O) groups excluding carboxylic acids is 1. The Labute approximate surface area is 157 Å². The third kappa shape index (κ3) is 3.99. The molecule has 0 aliphatic heterocycles. The van der Waals surface area contributed by atoms with Crippen molar-refractivity contribution in [3.63, 3.8) is 0 Å². The summed E-state index contributed by atoms with van der Waals surface area (Å²) >= 11 is 0. The van der Waals surface area contributed by atoms with E-state index in [9.17, 15) is 9.59 Å². The minimum Gasteiger partial charge on any atom is -0.357 e. The maximum absolute atomic E-state index is 12.6. The first-order valence-electron chi connectivity index (χ1n) is 9.07. The van der Waals surface area contributed by atoms with Gasteiger partial charge in [-0.05, 0) is 30.5 Å². The Morgan fingerprint density at radius 3 is 2.85 bits per heavy atom. The number of carbonyl (C=O) groups is 1. The van der Waals surface area contributed by atoms with Gasteiger partial charge >= 0.3 is 5.69 Å². The lowest BCUT2D eigenvalue weighted by molar-refractivity contribution is -0.117. The quantitative estimate of drug-likeness (QED) is 0.689. The molecular formula is C19H24N6O2. The van der Waals surface area contributed by atoms with Gasteiger partial charge in [0, 0.05) is 31.7 Å². The molecule has 0 atom stereocenters. The zero-order valence-electron chi connectivity index (χ0n) is 15.8. The van der Waals surface area contributed by atoms with E-state index in [1.165, 1.54) is 9.08 Å². The van der Waals surface area contributed by atoms with E-state index >= 15 is 0 Å². The minimum atomic E-state index is -0.365. The van der Waals surface area contributed by atoms with Crippen LogP contribution in [0.15, 0.2) is 41.5 Å². The van der Waals surface area contributed by atoms with E-state index < -0.39 is 0 Å². The van der Waals surface area contributed by atoms with Crippen LogP contribution in [0.1, 0.15) is 25.8 Å². The summed E-state index contributed by atoms with van der Waals surface area (Å²) in [5.41, 5.74) is 1.92. The molecule has 0 spiro atoms. The highest BCUT2D eigenvalue weighted by molar-refractivity contribution is 5.90. The number of amides is 1. The molecule has 0 saturated heterocycles. The van der Waals surface area contributed by atoms with Crippen LogP contribution in [0.5, 0.6) is 0 Å². The van der Waals surface area contributed by atoms with Crippen molar-refractivity contribution in [1.29, 1.82) is 0 Å². The van der Waals surface area contributed by atoms with E-state index in [0.717, 1.165) is 24.9 Å². The molecule has 0 fully saturated rings. The zero-order chi connectivity index (χ0) is 19.4. The molecule has 0 bridgehead atoms. The predicted molar refractivity (Wildman–Crippen MR) is 105 cm³/mol. The van der Waals surface area contributed by atoms with Gasteiger partial charge < -0.3 is 10.2 Å². The monoisotopic (exact) mass is 368 g/mol. The smallest absolute Gasteiger partial charge is 0.350 e. The maximum atomic E-state index is 12.6. The van der Waals surface area contributed by atoms with Crippen LogP contribution in [0.4, 0.5) is 11.5 Å². The third-order valence-electron chi connectivity index (χ3n) is 4.32. The highest BCUT2D eigenvalue weighted by Gasteiger charge is 2.16. The van der Waals surface area contributed by atoms with Gasteiger partial charge in [0.2, 0.25) is 11.6 Å². The number of aryl methyl sites for hydroxylation is 1. The van der Waals surface area contributed by atoms with E-state index in [-0.39, 0.29) is 18.1 Å². The average Bonchev–Trinajstić information content (AvgIpc) is 2.97. The second-order valence-corrected chi connectivity index (χ2v) is 6.41. The molecule has 0 unspecified atom stereocenters. The number of nitrogens with one attached hydrogen (secondary N) is 1. The number of rotatable bonds is 7. The summed E-state index contributed by atoms with van der Waals surface area (Å²) in [6.07, 6.45) is 4.96. The Balaban J connectivity index is 1.84. The normalized spacial score (nSPS) is 10.9. The molecule has 0 radical (unpaired) electrons. The van der Waals surface area contributed by atoms with Gasteiger partial charge in [0.05, 0.1) is 0 Å². The van der Waals surface area contributed by atoms with E-state index in [0.29, 0.717) is 17.2 Å². The molecule has 3 aromatic rings. The molecule has 2 heterocycles. The van der Waals surface area contributed by atoms with Crippen molar-refractivity contribution in [2.45, 2.75) is 33.2 Å². The lowest BCUT2D eigenvalue weighted by Gasteiger charge is -2.16. The Hall–Kier alpha value is -3.16. The molecule has 8 nitrogen and oxygen atoms in total. The second-order valence-electron chi connectivity index (χ2n) is 6.41. The lowest BCUT2D eigenvalue weighted by atomic mass is 10.1. The molecule has 1 aromatic carbocycles. The minimum absolute atomic E-state index is 0.159. The summed E-state index contributed by atoms with van der Waals surface area (Å²) in [6.45, 7) is 4.76. The second kappa shape index (κ2) is 8.03. The van der Waals surface area contributed by atoms with Gasteiger partial charge in [0.15, 0.2) is 5.82 Å². The van der Waals surface area contributed by atoms with E-state index in [2.05, 4.69) is 29.2 Å². The molecule has 1 N–H and O–H groups in total. The first kappa shape index (κ1) is 18.6. The SMILES string of the molecule is CCCN(C)c1nccn2c(=O)n(CC(=O)Nc3cccc(CC)c3)nc12. The number of benzene rings is 1. The van der Waals surface area contributed by atoms with Crippen molar-refractivity contribution in [3.8, 4) is 0 Å². The highest BCUT2D eigenvalue weighted by Crippen LogP contribution is 2.14. The maximum Gasteiger partial charge on any atom is 0.350 e. The predicted octanol–water partition coefficient (Wildman–Crippen LogP) is 1.94. The van der Waals surface area contributed by atoms with Crippen LogP contribution >= 0.6 is 0 Å². The molecule has 2 aromatic heterocycles. The number of aromatic nitrogens is 4. The molecule has 0 saturated carbocycles. The van der Waals surface area contributed by atoms with Crippen LogP contribution in [0.2, 0.25) is 0 Å². The van der Waals surface area contributed by atoms with Crippen molar-refractivity contribution in [2.24, 2.45) is 0 Å². The topological polar surface area (TPSA) is 84.5 Å². The lowest BCUT2D eigenvalue weighted by Crippen LogP contribution is -2.28. The van der Waals surface area contributed by atoms with E-state index in [4.69, 9.17) is 0 Å². The highest BCUT2D eigenvalue weighted by atomic mass is 16.2. The van der Waals surface area contributed by atoms with Gasteiger partial charge in [-0.3, -0.25) is 4.79 Å². The fraction of sp³-hybridized carbons (Fsp3) is 0.368. The van der Waals surface area contributed by atoms with Crippen LogP contribution in [0, 0.1) is 0 Å². The summed E-state index contributed by atoms with van der Waals surface area (Å²) in [7, 11) is 1.91. The summed E-state index contributed by atoms with van der Waals surface area (Å²) < 4.78 is 2.58. The van der Waals surface area contributed by atoms with Gasteiger partial charge in [-0.2, -0.15) is 0 Å². The van der Waals surface area contributed by atoms with Gasteiger partial charge in [-0.15, -0.1) is 5.10 Å². The Morgan fingerprint density at radius 2 is 2.11 bits per heavy atom. The number of fused-ring (bicyclic) bond motifs is 1. The Bertz CT molecular complexity index is 1010. The average molecular weight is 368 g/mol. The first-order valence-corrected chi connectivity index (χ1v) is 9.07. The summed E-state index contributed by atoms with van der Waals surface area (Å²) in [5.74, 6) is 0.316. The third-order valence-corrected chi connectivity index (χ3v) is 4.32. The zero-order valence-corrected chi connectivity index (χ0v) is 15.8. The standard InChI is InChI=1S/C19H24N6O2/c1-4-10-23(3)17-18-22-25(19(27)24(18)11-9-20-17)13-16(26)21-15-8-6-7-14(5-2)12-15/h6-9,11-12H,4-5,10,13H2,1-3H3,(H,21,26). The van der Waals surface area contributed by atoms with Gasteiger partial charge in [0.25, 0.3) is 0 Å². The van der Waals surface area contributed by atoms with Crippen LogP contribution in [0.3, 0.4) is 0 Å². The molecule has 142 valence electrons. The van der Waals surface area contributed by atoms with Crippen LogP contribution in [-0.4, -0.2) is 38.7 Å². The molecular weight excluding hydrogens is 344 g/mol. The van der Waals surface area contributed by atoms with Crippen molar-refractivity contribution in [2.75, 3.05) is 23.8 Å². The Kier molecular flexibility index (Phi) is 5.54. The number of hydrogen-bond acceptors (Lipinski definition) is 5.